The third-order valence-electron chi connectivity index (χ3n) is 11.8. The van der Waals surface area contributed by atoms with Crippen LogP contribution in [0.5, 0.6) is 0 Å². The zero-order valence-corrected chi connectivity index (χ0v) is 33.3. The van der Waals surface area contributed by atoms with Crippen molar-refractivity contribution in [2.24, 2.45) is 0 Å². The Hall–Kier alpha value is -7.14. The summed E-state index contributed by atoms with van der Waals surface area (Å²) in [5.41, 5.74) is 16.5. The SMILES string of the molecule is C[Si]1(C)c2ccccc2-c2nc(-c3cccc4oc5ccccc5c34)nc(-c3cccc(-c4cccc(-c5cc(-c6ccccc6)cc(-c6ccccc6)c5)c4)c3)c21. The zero-order chi connectivity index (χ0) is 38.8. The number of para-hydroxylation sites is 1. The minimum absolute atomic E-state index is 0.715. The van der Waals surface area contributed by atoms with E-state index in [1.54, 1.807) is 0 Å². The fraction of sp³-hybridized carbons (Fsp3) is 0.0370. The maximum atomic E-state index is 6.33. The van der Waals surface area contributed by atoms with Gasteiger partial charge < -0.3 is 4.42 Å². The van der Waals surface area contributed by atoms with Gasteiger partial charge in [-0.15, -0.1) is 0 Å². The normalized spacial score (nSPS) is 12.8. The molecule has 3 heterocycles. The molecule has 0 N–H and O–H groups in total. The van der Waals surface area contributed by atoms with Gasteiger partial charge in [0.25, 0.3) is 0 Å². The molecule has 0 aliphatic carbocycles. The van der Waals surface area contributed by atoms with Crippen LogP contribution in [-0.2, 0) is 0 Å². The van der Waals surface area contributed by atoms with Gasteiger partial charge in [0, 0.05) is 21.9 Å². The molecular formula is C54H38N2OSi. The average molecular weight is 759 g/mol. The molecule has 2 aromatic heterocycles. The van der Waals surface area contributed by atoms with Gasteiger partial charge in [-0.3, -0.25) is 0 Å². The van der Waals surface area contributed by atoms with Crippen molar-refractivity contribution in [3.05, 3.63) is 194 Å². The van der Waals surface area contributed by atoms with Gasteiger partial charge in [0.2, 0.25) is 0 Å². The van der Waals surface area contributed by atoms with Gasteiger partial charge in [-0.05, 0) is 103 Å². The molecule has 4 heteroatoms. The summed E-state index contributed by atoms with van der Waals surface area (Å²) in [5.74, 6) is 0.715. The standard InChI is InChI=1S/C54H38N2OSi/c1-58(2)49-29-12-10-25-45(49)52-53(58)51(55-54(56-52)46-26-15-28-48-50(46)44-24-9-11-27-47(44)57-48)40-23-14-21-38(31-40)37-20-13-22-39(30-37)43-33-41(35-16-5-3-6-17-35)32-42(34-43)36-18-7-4-8-19-36/h3-34H,1-2H3. The van der Waals surface area contributed by atoms with E-state index < -0.39 is 8.07 Å². The molecule has 0 fully saturated rings. The Morgan fingerprint density at radius 2 is 0.845 bits per heavy atom. The van der Waals surface area contributed by atoms with E-state index in [1.807, 2.05) is 18.2 Å². The minimum Gasteiger partial charge on any atom is -0.456 e. The summed E-state index contributed by atoms with van der Waals surface area (Å²) in [5, 5.41) is 4.81. The van der Waals surface area contributed by atoms with E-state index in [9.17, 15) is 0 Å². The molecule has 0 saturated heterocycles. The fourth-order valence-electron chi connectivity index (χ4n) is 9.02. The zero-order valence-electron chi connectivity index (χ0n) is 32.3. The number of fused-ring (bicyclic) bond motifs is 6. The first-order valence-electron chi connectivity index (χ1n) is 19.9. The summed E-state index contributed by atoms with van der Waals surface area (Å²) in [6.07, 6.45) is 0. The first-order valence-corrected chi connectivity index (χ1v) is 22.9. The monoisotopic (exact) mass is 758 g/mol. The number of hydrogen-bond acceptors (Lipinski definition) is 3. The molecule has 3 nitrogen and oxygen atoms in total. The van der Waals surface area contributed by atoms with Crippen molar-refractivity contribution in [1.29, 1.82) is 0 Å². The molecular weight excluding hydrogens is 721 g/mol. The maximum Gasteiger partial charge on any atom is 0.161 e. The maximum absolute atomic E-state index is 6.33. The first-order chi connectivity index (χ1) is 28.5. The lowest BCUT2D eigenvalue weighted by Gasteiger charge is -2.22. The molecule has 0 spiro atoms. The molecule has 274 valence electrons. The Balaban J connectivity index is 1.07. The lowest BCUT2D eigenvalue weighted by atomic mass is 9.92. The average Bonchev–Trinajstić information content (AvgIpc) is 3.78. The molecule has 10 aromatic rings. The van der Waals surface area contributed by atoms with E-state index in [0.717, 1.165) is 55.6 Å². The quantitative estimate of drug-likeness (QED) is 0.159. The number of furan rings is 1. The van der Waals surface area contributed by atoms with Crippen LogP contribution < -0.4 is 10.4 Å². The van der Waals surface area contributed by atoms with Gasteiger partial charge >= 0.3 is 0 Å². The van der Waals surface area contributed by atoms with Crippen LogP contribution in [0.2, 0.25) is 13.1 Å². The predicted octanol–water partition coefficient (Wildman–Crippen LogP) is 13.2. The van der Waals surface area contributed by atoms with Crippen molar-refractivity contribution in [3.8, 4) is 78.4 Å². The topological polar surface area (TPSA) is 38.9 Å². The van der Waals surface area contributed by atoms with E-state index in [-0.39, 0.29) is 0 Å². The molecule has 0 saturated carbocycles. The van der Waals surface area contributed by atoms with Crippen molar-refractivity contribution in [2.45, 2.75) is 13.1 Å². The Bertz CT molecular complexity index is 3140. The van der Waals surface area contributed by atoms with Gasteiger partial charge in [0.15, 0.2) is 5.82 Å². The Morgan fingerprint density at radius 1 is 0.379 bits per heavy atom. The number of nitrogens with zero attached hydrogens (tertiary/aromatic N) is 2. The first kappa shape index (κ1) is 34.1. The summed E-state index contributed by atoms with van der Waals surface area (Å²) >= 11 is 0. The molecule has 0 atom stereocenters. The second-order valence-electron chi connectivity index (χ2n) is 15.8. The smallest absolute Gasteiger partial charge is 0.161 e. The molecule has 0 amide bonds. The molecule has 1 aliphatic rings. The van der Waals surface area contributed by atoms with E-state index in [4.69, 9.17) is 14.4 Å². The van der Waals surface area contributed by atoms with Gasteiger partial charge in [-0.2, -0.15) is 0 Å². The van der Waals surface area contributed by atoms with Crippen LogP contribution in [0.15, 0.2) is 199 Å². The van der Waals surface area contributed by atoms with Gasteiger partial charge in [0.05, 0.1) is 11.4 Å². The molecule has 1 aliphatic heterocycles. The summed E-state index contributed by atoms with van der Waals surface area (Å²) in [7, 11) is -2.18. The van der Waals surface area contributed by atoms with Crippen molar-refractivity contribution < 1.29 is 4.42 Å². The molecule has 11 rings (SSSR count). The van der Waals surface area contributed by atoms with E-state index >= 15 is 0 Å². The van der Waals surface area contributed by atoms with Crippen LogP contribution in [0.4, 0.5) is 0 Å². The molecule has 0 bridgehead atoms. The third-order valence-corrected chi connectivity index (χ3v) is 15.4. The molecule has 0 unspecified atom stereocenters. The second kappa shape index (κ2) is 13.5. The van der Waals surface area contributed by atoms with E-state index in [1.165, 1.54) is 49.3 Å². The second-order valence-corrected chi connectivity index (χ2v) is 20.0. The predicted molar refractivity (Wildman–Crippen MR) is 244 cm³/mol. The van der Waals surface area contributed by atoms with Gasteiger partial charge in [-0.1, -0.05) is 165 Å². The number of aromatic nitrogens is 2. The highest BCUT2D eigenvalue weighted by molar-refractivity contribution is 7.04. The Morgan fingerprint density at radius 3 is 1.55 bits per heavy atom. The molecule has 8 aromatic carbocycles. The van der Waals surface area contributed by atoms with Crippen molar-refractivity contribution in [2.75, 3.05) is 0 Å². The van der Waals surface area contributed by atoms with Crippen molar-refractivity contribution in [3.63, 3.8) is 0 Å². The lowest BCUT2D eigenvalue weighted by Crippen LogP contribution is -2.50. The van der Waals surface area contributed by atoms with E-state index in [0.29, 0.717) is 5.82 Å². The van der Waals surface area contributed by atoms with Crippen molar-refractivity contribution >= 4 is 40.4 Å². The van der Waals surface area contributed by atoms with Crippen LogP contribution in [0.25, 0.3) is 100 Å². The van der Waals surface area contributed by atoms with Crippen LogP contribution in [0.1, 0.15) is 0 Å². The number of hydrogen-bond donors (Lipinski definition) is 0. The highest BCUT2D eigenvalue weighted by Crippen LogP contribution is 2.40. The summed E-state index contributed by atoms with van der Waals surface area (Å²) in [4.78, 5) is 11.0. The van der Waals surface area contributed by atoms with Crippen LogP contribution >= 0.6 is 0 Å². The fourth-order valence-corrected chi connectivity index (χ4v) is 12.3. The molecule has 58 heavy (non-hydrogen) atoms. The largest absolute Gasteiger partial charge is 0.456 e. The highest BCUT2D eigenvalue weighted by Gasteiger charge is 2.41. The minimum atomic E-state index is -2.18. The number of rotatable bonds is 6. The Kier molecular flexibility index (Phi) is 7.95. The van der Waals surface area contributed by atoms with Crippen LogP contribution in [-0.4, -0.2) is 18.0 Å². The Labute approximate surface area is 339 Å². The van der Waals surface area contributed by atoms with Crippen LogP contribution in [0, 0.1) is 0 Å². The summed E-state index contributed by atoms with van der Waals surface area (Å²) < 4.78 is 6.33. The number of benzene rings is 8. The van der Waals surface area contributed by atoms with Crippen LogP contribution in [0.3, 0.4) is 0 Å². The van der Waals surface area contributed by atoms with E-state index in [2.05, 4.69) is 189 Å². The third kappa shape index (κ3) is 5.64. The van der Waals surface area contributed by atoms with Gasteiger partial charge in [0.1, 0.15) is 19.2 Å². The summed E-state index contributed by atoms with van der Waals surface area (Å²) in [6, 6.07) is 69.4. The van der Waals surface area contributed by atoms with Crippen molar-refractivity contribution in [1.82, 2.24) is 9.97 Å². The highest BCUT2D eigenvalue weighted by atomic mass is 28.3. The van der Waals surface area contributed by atoms with Gasteiger partial charge in [-0.25, -0.2) is 9.97 Å². The summed E-state index contributed by atoms with van der Waals surface area (Å²) in [6.45, 7) is 4.88. The lowest BCUT2D eigenvalue weighted by molar-refractivity contribution is 0.669. The molecule has 0 radical (unpaired) electrons.